The number of rotatable bonds is 2. The van der Waals surface area contributed by atoms with Gasteiger partial charge in [0.2, 0.25) is 0 Å². The Balaban J connectivity index is 2.36. The van der Waals surface area contributed by atoms with E-state index in [1.165, 1.54) is 24.3 Å². The summed E-state index contributed by atoms with van der Waals surface area (Å²) in [6.45, 7) is 5.88. The van der Waals surface area contributed by atoms with Crippen LogP contribution in [-0.4, -0.2) is 10.2 Å². The van der Waals surface area contributed by atoms with Crippen molar-refractivity contribution in [2.45, 2.75) is 26.2 Å². The monoisotopic (exact) mass is 262 g/mol. The standard InChI is InChI=1S/C13H15FN4O/c1-13(2,3)11-10(12(19)18-17-11)16-15-9-6-4-8(14)5-7-9/h4-7H,1-3H3,(H2,17,18,19). The number of benzene rings is 1. The van der Waals surface area contributed by atoms with Crippen molar-refractivity contribution in [2.24, 2.45) is 10.2 Å². The first kappa shape index (κ1) is 13.2. The Morgan fingerprint density at radius 1 is 1.05 bits per heavy atom. The number of hydrogen-bond acceptors (Lipinski definition) is 3. The largest absolute Gasteiger partial charge is 0.299 e. The molecule has 0 aliphatic heterocycles. The third kappa shape index (κ3) is 2.96. The second kappa shape index (κ2) is 4.79. The quantitative estimate of drug-likeness (QED) is 0.798. The molecule has 0 unspecified atom stereocenters. The van der Waals surface area contributed by atoms with Crippen molar-refractivity contribution in [1.82, 2.24) is 10.2 Å². The van der Waals surface area contributed by atoms with Crippen LogP contribution < -0.4 is 5.56 Å². The summed E-state index contributed by atoms with van der Waals surface area (Å²) in [7, 11) is 0. The molecule has 0 atom stereocenters. The molecular formula is C13H15FN4O. The van der Waals surface area contributed by atoms with Gasteiger partial charge in [0.05, 0.1) is 11.4 Å². The van der Waals surface area contributed by atoms with Crippen LogP contribution in [0.25, 0.3) is 0 Å². The molecule has 0 saturated heterocycles. The molecule has 0 aliphatic carbocycles. The molecule has 0 fully saturated rings. The Morgan fingerprint density at radius 3 is 2.26 bits per heavy atom. The van der Waals surface area contributed by atoms with Crippen molar-refractivity contribution in [2.75, 3.05) is 0 Å². The maximum Gasteiger partial charge on any atom is 0.292 e. The van der Waals surface area contributed by atoms with Gasteiger partial charge < -0.3 is 0 Å². The van der Waals surface area contributed by atoms with Gasteiger partial charge in [0.1, 0.15) is 5.82 Å². The van der Waals surface area contributed by atoms with E-state index >= 15 is 0 Å². The first-order valence-corrected chi connectivity index (χ1v) is 5.86. The van der Waals surface area contributed by atoms with E-state index in [0.717, 1.165) is 0 Å². The minimum absolute atomic E-state index is 0.247. The smallest absolute Gasteiger partial charge is 0.292 e. The van der Waals surface area contributed by atoms with E-state index in [1.807, 2.05) is 20.8 Å². The van der Waals surface area contributed by atoms with Crippen LogP contribution in [0.2, 0.25) is 0 Å². The van der Waals surface area contributed by atoms with Gasteiger partial charge in [-0.1, -0.05) is 20.8 Å². The average molecular weight is 262 g/mol. The van der Waals surface area contributed by atoms with Gasteiger partial charge in [0.25, 0.3) is 5.56 Å². The van der Waals surface area contributed by atoms with Gasteiger partial charge in [-0.3, -0.25) is 15.0 Å². The van der Waals surface area contributed by atoms with Gasteiger partial charge in [-0.15, -0.1) is 5.11 Å². The van der Waals surface area contributed by atoms with E-state index in [0.29, 0.717) is 11.4 Å². The van der Waals surface area contributed by atoms with Crippen molar-refractivity contribution in [3.63, 3.8) is 0 Å². The third-order valence-corrected chi connectivity index (χ3v) is 2.60. The molecule has 0 amide bonds. The number of halogens is 1. The zero-order chi connectivity index (χ0) is 14.0. The first-order chi connectivity index (χ1) is 8.88. The third-order valence-electron chi connectivity index (χ3n) is 2.60. The Hall–Kier alpha value is -2.24. The second-order valence-electron chi connectivity index (χ2n) is 5.23. The lowest BCUT2D eigenvalue weighted by Gasteiger charge is -2.15. The SMILES string of the molecule is CC(C)(C)c1[nH][nH]c(=O)c1N=Nc1ccc(F)cc1. The van der Waals surface area contributed by atoms with Crippen LogP contribution in [-0.2, 0) is 5.41 Å². The average Bonchev–Trinajstić information content (AvgIpc) is 2.70. The number of H-pyrrole nitrogens is 2. The molecule has 0 aliphatic rings. The second-order valence-corrected chi connectivity index (χ2v) is 5.23. The fourth-order valence-corrected chi connectivity index (χ4v) is 1.60. The van der Waals surface area contributed by atoms with Crippen LogP contribution in [0.4, 0.5) is 15.8 Å². The Bertz CT molecular complexity index is 647. The lowest BCUT2D eigenvalue weighted by atomic mass is 9.91. The molecule has 0 spiro atoms. The summed E-state index contributed by atoms with van der Waals surface area (Å²) < 4.78 is 12.8. The van der Waals surface area contributed by atoms with E-state index in [4.69, 9.17) is 0 Å². The number of hydrogen-bond donors (Lipinski definition) is 2. The van der Waals surface area contributed by atoms with Gasteiger partial charge in [-0.25, -0.2) is 4.39 Å². The number of nitrogens with zero attached hydrogens (tertiary/aromatic N) is 2. The van der Waals surface area contributed by atoms with Crippen LogP contribution in [0.3, 0.4) is 0 Å². The van der Waals surface area contributed by atoms with Crippen molar-refractivity contribution >= 4 is 11.4 Å². The summed E-state index contributed by atoms with van der Waals surface area (Å²) in [5, 5.41) is 13.2. The molecule has 0 saturated carbocycles. The van der Waals surface area contributed by atoms with E-state index in [-0.39, 0.29) is 22.5 Å². The molecule has 2 aromatic rings. The maximum absolute atomic E-state index is 12.8. The molecular weight excluding hydrogens is 247 g/mol. The number of aromatic amines is 2. The first-order valence-electron chi connectivity index (χ1n) is 5.86. The van der Waals surface area contributed by atoms with Gasteiger partial charge in [-0.2, -0.15) is 5.11 Å². The molecule has 19 heavy (non-hydrogen) atoms. The summed E-state index contributed by atoms with van der Waals surface area (Å²) in [5.74, 6) is -0.339. The topological polar surface area (TPSA) is 73.4 Å². The molecule has 0 radical (unpaired) electrons. The zero-order valence-electron chi connectivity index (χ0n) is 11.0. The number of azo groups is 1. The zero-order valence-corrected chi connectivity index (χ0v) is 11.0. The van der Waals surface area contributed by atoms with Crippen LogP contribution in [0, 0.1) is 5.82 Å². The number of aromatic nitrogens is 2. The van der Waals surface area contributed by atoms with E-state index in [2.05, 4.69) is 20.4 Å². The predicted octanol–water partition coefficient (Wildman–Crippen LogP) is 3.56. The van der Waals surface area contributed by atoms with Crippen molar-refractivity contribution in [3.05, 3.63) is 46.1 Å². The number of nitrogens with one attached hydrogen (secondary N) is 2. The van der Waals surface area contributed by atoms with Gasteiger partial charge in [0, 0.05) is 5.41 Å². The normalized spacial score (nSPS) is 12.2. The van der Waals surface area contributed by atoms with Gasteiger partial charge in [0.15, 0.2) is 5.69 Å². The van der Waals surface area contributed by atoms with Crippen molar-refractivity contribution in [1.29, 1.82) is 0 Å². The van der Waals surface area contributed by atoms with E-state index in [1.54, 1.807) is 0 Å². The minimum Gasteiger partial charge on any atom is -0.299 e. The highest BCUT2D eigenvalue weighted by Gasteiger charge is 2.22. The molecule has 0 bridgehead atoms. The summed E-state index contributed by atoms with van der Waals surface area (Å²) in [5.41, 5.74) is 0.842. The summed E-state index contributed by atoms with van der Waals surface area (Å²) in [6, 6.07) is 5.58. The van der Waals surface area contributed by atoms with Crippen LogP contribution in [0.1, 0.15) is 26.5 Å². The Morgan fingerprint density at radius 2 is 1.68 bits per heavy atom. The lowest BCUT2D eigenvalue weighted by Crippen LogP contribution is -2.12. The summed E-state index contributed by atoms with van der Waals surface area (Å²) in [4.78, 5) is 11.7. The molecule has 2 N–H and O–H groups in total. The maximum atomic E-state index is 12.8. The van der Waals surface area contributed by atoms with Gasteiger partial charge in [-0.05, 0) is 24.3 Å². The Labute approximate surface area is 109 Å². The molecule has 2 rings (SSSR count). The highest BCUT2D eigenvalue weighted by atomic mass is 19.1. The Kier molecular flexibility index (Phi) is 3.33. The molecule has 6 heteroatoms. The summed E-state index contributed by atoms with van der Waals surface area (Å²) >= 11 is 0. The molecule has 5 nitrogen and oxygen atoms in total. The fraction of sp³-hybridized carbons (Fsp3) is 0.308. The van der Waals surface area contributed by atoms with E-state index in [9.17, 15) is 9.18 Å². The minimum atomic E-state index is -0.339. The predicted molar refractivity (Wildman–Crippen MR) is 70.7 cm³/mol. The fourth-order valence-electron chi connectivity index (χ4n) is 1.60. The van der Waals surface area contributed by atoms with Crippen molar-refractivity contribution in [3.8, 4) is 0 Å². The van der Waals surface area contributed by atoms with Gasteiger partial charge >= 0.3 is 0 Å². The lowest BCUT2D eigenvalue weighted by molar-refractivity contribution is 0.567. The summed E-state index contributed by atoms with van der Waals surface area (Å²) in [6.07, 6.45) is 0. The van der Waals surface area contributed by atoms with Crippen molar-refractivity contribution < 1.29 is 4.39 Å². The molecule has 100 valence electrons. The highest BCUT2D eigenvalue weighted by Crippen LogP contribution is 2.27. The van der Waals surface area contributed by atoms with Crippen LogP contribution in [0.5, 0.6) is 0 Å². The molecule has 1 aromatic carbocycles. The molecule has 1 aromatic heterocycles. The van der Waals surface area contributed by atoms with Crippen LogP contribution in [0.15, 0.2) is 39.3 Å². The molecule has 1 heterocycles. The van der Waals surface area contributed by atoms with Crippen LogP contribution >= 0.6 is 0 Å². The highest BCUT2D eigenvalue weighted by molar-refractivity contribution is 5.44. The van der Waals surface area contributed by atoms with E-state index < -0.39 is 0 Å².